The average Bonchev–Trinajstić information content (AvgIpc) is 3.78. The first-order valence-corrected chi connectivity index (χ1v) is 30.2. The zero-order valence-corrected chi connectivity index (χ0v) is 44.1. The Morgan fingerprint density at radius 1 is 0.492 bits per heavy atom. The molecule has 8 rings (SSSR count). The molecule has 21 heteroatoms. The van der Waals surface area contributed by atoms with Gasteiger partial charge in [-0.3, -0.25) is 0 Å². The number of thiocarbonyl (C=S) groups is 2. The molecule has 0 aliphatic heterocycles. The molecule has 61 heavy (non-hydrogen) atoms. The topological polar surface area (TPSA) is 73.9 Å². The molecule has 0 saturated heterocycles. The van der Waals surface area contributed by atoms with E-state index in [1.165, 1.54) is 71.2 Å². The number of anilines is 2. The zero-order chi connectivity index (χ0) is 42.6. The molecule has 0 amide bonds. The number of rotatable bonds is 8. The van der Waals surface area contributed by atoms with E-state index < -0.39 is 9.28 Å². The van der Waals surface area contributed by atoms with Crippen LogP contribution in [0.5, 0.6) is 0 Å². The SMILES string of the molecule is Fc1ccc(P(=[Te])(NC(=S)Nc2ccc3sc([S-])nc3c2)c2ccc(F)cc2)cc1.Fc1ccc(P(=[Te])(NC(=S)Nc2ccc3sc([S-])nc3c2)c2ccc(F)cc2)cc1.[Au]. The number of hydrogen-bond donors (Lipinski definition) is 4. The number of fused-ring (bicyclic) bond motifs is 2. The van der Waals surface area contributed by atoms with Crippen molar-refractivity contribution in [3.63, 3.8) is 0 Å². The van der Waals surface area contributed by atoms with E-state index in [-0.39, 0.29) is 45.6 Å². The maximum absolute atomic E-state index is 13.5. The van der Waals surface area contributed by atoms with E-state index in [0.717, 1.165) is 53.0 Å². The van der Waals surface area contributed by atoms with Crippen molar-refractivity contribution in [1.29, 1.82) is 0 Å². The van der Waals surface area contributed by atoms with Crippen LogP contribution in [-0.2, 0) is 47.6 Å². The van der Waals surface area contributed by atoms with Gasteiger partial charge < -0.3 is 0 Å². The van der Waals surface area contributed by atoms with Crippen molar-refractivity contribution >= 4 is 187 Å². The van der Waals surface area contributed by atoms with E-state index in [1.54, 1.807) is 48.5 Å². The molecule has 0 atom stereocenters. The smallest absolute Gasteiger partial charge is 0 e. The van der Waals surface area contributed by atoms with Gasteiger partial charge >= 0.3 is 401 Å². The summed E-state index contributed by atoms with van der Waals surface area (Å²) in [5.41, 5.74) is 3.19. The van der Waals surface area contributed by atoms with Crippen molar-refractivity contribution in [3.8, 4) is 0 Å². The van der Waals surface area contributed by atoms with Crippen molar-refractivity contribution in [2.75, 3.05) is 10.6 Å². The molecule has 0 spiro atoms. The van der Waals surface area contributed by atoms with Gasteiger partial charge in [0.25, 0.3) is 0 Å². The Hall–Kier alpha value is -2.18. The predicted octanol–water partition coefficient (Wildman–Crippen LogP) is 8.87. The van der Waals surface area contributed by atoms with Gasteiger partial charge in [-0.1, -0.05) is 0 Å². The van der Waals surface area contributed by atoms with Gasteiger partial charge in [0.2, 0.25) is 0 Å². The molecular weight excluding hydrogens is 1350 g/mol. The third-order valence-electron chi connectivity index (χ3n) is 8.53. The van der Waals surface area contributed by atoms with Crippen LogP contribution < -0.4 is 42.0 Å². The van der Waals surface area contributed by atoms with Crippen molar-refractivity contribution in [1.82, 2.24) is 20.1 Å². The minimum atomic E-state index is -2.26. The number of hydrogen-bond acceptors (Lipinski definition) is 8. The van der Waals surface area contributed by atoms with Crippen molar-refractivity contribution in [2.24, 2.45) is 0 Å². The summed E-state index contributed by atoms with van der Waals surface area (Å²) in [4.78, 5) is 8.67. The Morgan fingerprint density at radius 3 is 1.05 bits per heavy atom. The molecule has 6 nitrogen and oxygen atoms in total. The summed E-state index contributed by atoms with van der Waals surface area (Å²) in [6.07, 6.45) is 0. The Kier molecular flexibility index (Phi) is 16.8. The second-order valence-corrected chi connectivity index (χ2v) is 31.1. The maximum Gasteiger partial charge on any atom is 0 e. The summed E-state index contributed by atoms with van der Waals surface area (Å²) >= 11 is 28.2. The maximum atomic E-state index is 13.5. The quantitative estimate of drug-likeness (QED) is 0.0390. The predicted molar refractivity (Wildman–Crippen MR) is 259 cm³/mol. The Morgan fingerprint density at radius 2 is 0.770 bits per heavy atom. The van der Waals surface area contributed by atoms with Gasteiger partial charge in [0.15, 0.2) is 0 Å². The number of aromatic nitrogens is 2. The molecule has 6 aromatic carbocycles. The van der Waals surface area contributed by atoms with E-state index >= 15 is 0 Å². The van der Waals surface area contributed by atoms with Crippen LogP contribution in [0.4, 0.5) is 28.9 Å². The molecule has 1 radical (unpaired) electrons. The van der Waals surface area contributed by atoms with E-state index in [9.17, 15) is 17.6 Å². The number of thiazole rings is 2. The molecule has 4 N–H and O–H groups in total. The largest absolute Gasteiger partial charge is 0 e. The molecule has 2 aromatic heterocycles. The molecule has 8 aromatic rings. The first-order valence-electron chi connectivity index (χ1n) is 17.3. The van der Waals surface area contributed by atoms with Gasteiger partial charge in [0.05, 0.1) is 0 Å². The van der Waals surface area contributed by atoms with Crippen molar-refractivity contribution in [2.45, 2.75) is 8.68 Å². The normalized spacial score (nSPS) is 11.2. The molecule has 0 saturated carbocycles. The minimum Gasteiger partial charge on any atom is 0 e. The van der Waals surface area contributed by atoms with E-state index in [2.05, 4.69) is 30.8 Å². The van der Waals surface area contributed by atoms with Gasteiger partial charge in [-0.2, -0.15) is 0 Å². The van der Waals surface area contributed by atoms with Crippen LogP contribution in [0, 0.1) is 23.3 Å². The van der Waals surface area contributed by atoms with Crippen LogP contribution in [0.25, 0.3) is 20.4 Å². The third-order valence-corrected chi connectivity index (χ3v) is 25.5. The molecule has 0 aliphatic carbocycles. The fourth-order valence-corrected chi connectivity index (χ4v) is 19.8. The van der Waals surface area contributed by atoms with Crippen LogP contribution in [0.3, 0.4) is 0 Å². The first kappa shape index (κ1) is 48.3. The average molecular weight is 1370 g/mol. The summed E-state index contributed by atoms with van der Waals surface area (Å²) in [6.45, 7) is 0. The van der Waals surface area contributed by atoms with Gasteiger partial charge in [-0.25, -0.2) is 0 Å². The molecular formula is C40H26AuF4N6P2S6Te2-2. The number of nitrogens with one attached hydrogen (secondary N) is 4. The standard InChI is InChI=1S/2C20H14F2N3PS3Te.Au/c2*21-12-1-6-15(7-2-12)26(30,16-8-3-13(22)4-9-16)25-19(27)23-14-5-10-18-17(11-14)24-20(28)29-18;/h2*1-11H,(H,24,28)(H2,23,25,27,30);/p-2. The Balaban J connectivity index is 0.000000201. The molecule has 0 unspecified atom stereocenters. The van der Waals surface area contributed by atoms with Gasteiger partial charge in [0, 0.05) is 22.4 Å². The number of benzene rings is 6. The summed E-state index contributed by atoms with van der Waals surface area (Å²) in [5.74, 6) is -1.26. The van der Waals surface area contributed by atoms with Crippen molar-refractivity contribution < 1.29 is 39.9 Å². The summed E-state index contributed by atoms with van der Waals surface area (Å²) < 4.78 is 52.7. The monoisotopic (exact) mass is 1380 g/mol. The number of halogens is 4. The summed E-state index contributed by atoms with van der Waals surface area (Å²) in [6, 6.07) is 36.7. The second-order valence-electron chi connectivity index (χ2n) is 12.6. The van der Waals surface area contributed by atoms with Crippen molar-refractivity contribution in [3.05, 3.63) is 157 Å². The summed E-state index contributed by atoms with van der Waals surface area (Å²) in [7, 11) is 0. The molecule has 0 aliphatic rings. The first-order chi connectivity index (χ1) is 28.7. The summed E-state index contributed by atoms with van der Waals surface area (Å²) in [5, 5.41) is 17.6. The minimum absolute atomic E-state index is 0. The van der Waals surface area contributed by atoms with Crippen LogP contribution in [0.15, 0.2) is 142 Å². The van der Waals surface area contributed by atoms with Crippen LogP contribution in [-0.4, -0.2) is 62.7 Å². The molecule has 0 fully saturated rings. The van der Waals surface area contributed by atoms with E-state index in [4.69, 9.17) is 49.7 Å². The van der Waals surface area contributed by atoms with E-state index in [0.29, 0.717) is 18.9 Å². The Bertz CT molecular complexity index is 2660. The van der Waals surface area contributed by atoms with E-state index in [1.807, 2.05) is 78.9 Å². The van der Waals surface area contributed by atoms with Crippen LogP contribution in [0.1, 0.15) is 0 Å². The fourth-order valence-electron chi connectivity index (χ4n) is 5.73. The Labute approximate surface area is 418 Å². The second kappa shape index (κ2) is 21.2. The van der Waals surface area contributed by atoms with Gasteiger partial charge in [0.1, 0.15) is 0 Å². The fraction of sp³-hybridized carbons (Fsp3) is 0. The number of nitrogens with zero attached hydrogens (tertiary/aromatic N) is 2. The molecule has 2 heterocycles. The third kappa shape index (κ3) is 12.1. The molecule has 315 valence electrons. The zero-order valence-electron chi connectivity index (χ0n) is 30.6. The van der Waals surface area contributed by atoms with Crippen LogP contribution in [0.2, 0.25) is 0 Å². The van der Waals surface area contributed by atoms with Crippen LogP contribution >= 0.6 is 56.4 Å². The van der Waals surface area contributed by atoms with Gasteiger partial charge in [-0.15, -0.1) is 0 Å². The van der Waals surface area contributed by atoms with Gasteiger partial charge in [-0.05, 0) is 0 Å². The molecule has 0 bridgehead atoms.